The molecule has 0 radical (unpaired) electrons. The van der Waals surface area contributed by atoms with Crippen LogP contribution in [0, 0.1) is 5.82 Å². The summed E-state index contributed by atoms with van der Waals surface area (Å²) in [6.07, 6.45) is 1.08. The van der Waals surface area contributed by atoms with Gasteiger partial charge in [0, 0.05) is 12.0 Å². The SMILES string of the molecule is CC(C)c1cc2c(c(-c3ccc(F)cc3)c1C=CC(O)CC(=O)CC(=O)O)OCO2. The van der Waals surface area contributed by atoms with Crippen molar-refractivity contribution in [2.75, 3.05) is 6.79 Å². The van der Waals surface area contributed by atoms with Gasteiger partial charge in [-0.05, 0) is 40.8 Å². The number of hydrogen-bond acceptors (Lipinski definition) is 5. The molecule has 0 aromatic heterocycles. The minimum absolute atomic E-state index is 0.0700. The molecule has 30 heavy (non-hydrogen) atoms. The van der Waals surface area contributed by atoms with Gasteiger partial charge in [-0.15, -0.1) is 0 Å². The molecule has 3 rings (SSSR count). The Balaban J connectivity index is 2.04. The fourth-order valence-corrected chi connectivity index (χ4v) is 3.39. The zero-order chi connectivity index (χ0) is 21.8. The van der Waals surface area contributed by atoms with E-state index in [1.54, 1.807) is 18.2 Å². The van der Waals surface area contributed by atoms with Crippen molar-refractivity contribution in [3.8, 4) is 22.6 Å². The minimum atomic E-state index is -1.23. The van der Waals surface area contributed by atoms with Crippen LogP contribution in [0.4, 0.5) is 4.39 Å². The van der Waals surface area contributed by atoms with Crippen LogP contribution < -0.4 is 9.47 Å². The molecule has 1 atom stereocenters. The molecule has 7 heteroatoms. The molecule has 0 amide bonds. The van der Waals surface area contributed by atoms with E-state index >= 15 is 0 Å². The predicted octanol–water partition coefficient (Wildman–Crippen LogP) is 4.15. The zero-order valence-corrected chi connectivity index (χ0v) is 16.7. The highest BCUT2D eigenvalue weighted by atomic mass is 19.1. The molecule has 0 spiro atoms. The highest BCUT2D eigenvalue weighted by molar-refractivity contribution is 5.95. The van der Waals surface area contributed by atoms with Crippen LogP contribution in [-0.4, -0.2) is 34.9 Å². The van der Waals surface area contributed by atoms with Crippen molar-refractivity contribution in [2.24, 2.45) is 0 Å². The molecule has 1 aliphatic heterocycles. The Bertz CT molecular complexity index is 978. The average Bonchev–Trinajstić information content (AvgIpc) is 3.13. The zero-order valence-electron chi connectivity index (χ0n) is 16.7. The molecule has 0 saturated heterocycles. The molecule has 0 saturated carbocycles. The number of aliphatic carboxylic acids is 1. The molecule has 2 aromatic carbocycles. The summed E-state index contributed by atoms with van der Waals surface area (Å²) in [5, 5.41) is 18.9. The molecule has 2 N–H and O–H groups in total. The lowest BCUT2D eigenvalue weighted by Gasteiger charge is -2.18. The molecule has 2 aromatic rings. The maximum Gasteiger partial charge on any atom is 0.310 e. The first kappa shape index (κ1) is 21.5. The number of benzene rings is 2. The number of carboxylic acid groups (broad SMARTS) is 1. The molecule has 1 heterocycles. The third kappa shape index (κ3) is 4.86. The second-order valence-corrected chi connectivity index (χ2v) is 7.39. The standard InChI is InChI=1S/C23H23FO6/c1-13(2)19-11-20-23(30-12-29-20)22(14-3-5-15(24)6-4-14)18(19)8-7-16(25)9-17(26)10-21(27)28/h3-8,11,13,16,25H,9-10,12H2,1-2H3,(H,27,28). The summed E-state index contributed by atoms with van der Waals surface area (Å²) in [6.45, 7) is 4.09. The number of carboxylic acids is 1. The number of Topliss-reactive ketones (excluding diaryl/α,β-unsaturated/α-hetero) is 1. The van der Waals surface area contributed by atoms with Crippen LogP contribution >= 0.6 is 0 Å². The van der Waals surface area contributed by atoms with Crippen LogP contribution in [0.3, 0.4) is 0 Å². The molecule has 0 aliphatic carbocycles. The smallest absolute Gasteiger partial charge is 0.310 e. The van der Waals surface area contributed by atoms with E-state index in [0.29, 0.717) is 17.1 Å². The molecule has 1 unspecified atom stereocenters. The maximum atomic E-state index is 13.5. The number of carbonyl (C=O) groups excluding carboxylic acids is 1. The lowest BCUT2D eigenvalue weighted by molar-refractivity contribution is -0.140. The normalized spacial score (nSPS) is 13.8. The number of carbonyl (C=O) groups is 2. The fraction of sp³-hybridized carbons (Fsp3) is 0.304. The number of aliphatic hydroxyl groups is 1. The van der Waals surface area contributed by atoms with E-state index in [9.17, 15) is 19.1 Å². The van der Waals surface area contributed by atoms with Crippen LogP contribution in [0.2, 0.25) is 0 Å². The summed E-state index contributed by atoms with van der Waals surface area (Å²) in [7, 11) is 0. The Morgan fingerprint density at radius 3 is 2.53 bits per heavy atom. The molecule has 6 nitrogen and oxygen atoms in total. The van der Waals surface area contributed by atoms with Crippen LogP contribution in [0.5, 0.6) is 11.5 Å². The van der Waals surface area contributed by atoms with E-state index < -0.39 is 24.3 Å². The number of fused-ring (bicyclic) bond motifs is 1. The molecule has 1 aliphatic rings. The van der Waals surface area contributed by atoms with E-state index in [0.717, 1.165) is 16.7 Å². The first-order valence-electron chi connectivity index (χ1n) is 9.58. The summed E-state index contributed by atoms with van der Waals surface area (Å²) in [4.78, 5) is 22.3. The van der Waals surface area contributed by atoms with Crippen LogP contribution in [-0.2, 0) is 9.59 Å². The summed E-state index contributed by atoms with van der Waals surface area (Å²) < 4.78 is 24.7. The molecule has 158 valence electrons. The Morgan fingerprint density at radius 2 is 1.90 bits per heavy atom. The third-order valence-corrected chi connectivity index (χ3v) is 4.76. The van der Waals surface area contributed by atoms with Gasteiger partial charge in [0.05, 0.1) is 6.10 Å². The van der Waals surface area contributed by atoms with Gasteiger partial charge in [-0.2, -0.15) is 0 Å². The van der Waals surface area contributed by atoms with Gasteiger partial charge in [-0.3, -0.25) is 9.59 Å². The third-order valence-electron chi connectivity index (χ3n) is 4.76. The lowest BCUT2D eigenvalue weighted by Crippen LogP contribution is -2.14. The molecular weight excluding hydrogens is 391 g/mol. The fourth-order valence-electron chi connectivity index (χ4n) is 3.39. The monoisotopic (exact) mass is 414 g/mol. The summed E-state index contributed by atoms with van der Waals surface area (Å²) in [5.74, 6) is -0.934. The second-order valence-electron chi connectivity index (χ2n) is 7.39. The number of ketones is 1. The lowest BCUT2D eigenvalue weighted by atomic mass is 9.88. The Kier molecular flexibility index (Phi) is 6.52. The van der Waals surface area contributed by atoms with Gasteiger partial charge >= 0.3 is 5.97 Å². The van der Waals surface area contributed by atoms with Crippen molar-refractivity contribution >= 4 is 17.8 Å². The van der Waals surface area contributed by atoms with Crippen molar-refractivity contribution in [1.82, 2.24) is 0 Å². The predicted molar refractivity (Wildman–Crippen MR) is 109 cm³/mol. The minimum Gasteiger partial charge on any atom is -0.481 e. The van der Waals surface area contributed by atoms with Crippen LogP contribution in [0.1, 0.15) is 43.7 Å². The Labute approximate surface area is 173 Å². The van der Waals surface area contributed by atoms with E-state index in [-0.39, 0.29) is 24.9 Å². The van der Waals surface area contributed by atoms with E-state index in [2.05, 4.69) is 0 Å². The van der Waals surface area contributed by atoms with Crippen molar-refractivity contribution in [3.63, 3.8) is 0 Å². The summed E-state index contributed by atoms with van der Waals surface area (Å²) in [5.41, 5.74) is 3.11. The van der Waals surface area contributed by atoms with Gasteiger partial charge in [0.2, 0.25) is 6.79 Å². The van der Waals surface area contributed by atoms with Crippen molar-refractivity contribution in [2.45, 2.75) is 38.7 Å². The van der Waals surface area contributed by atoms with Gasteiger partial charge < -0.3 is 19.7 Å². The number of aliphatic hydroxyl groups excluding tert-OH is 1. The Hall–Kier alpha value is -3.19. The van der Waals surface area contributed by atoms with E-state index in [4.69, 9.17) is 14.6 Å². The highest BCUT2D eigenvalue weighted by Gasteiger charge is 2.25. The number of halogens is 1. The van der Waals surface area contributed by atoms with E-state index in [1.165, 1.54) is 18.2 Å². The van der Waals surface area contributed by atoms with Crippen molar-refractivity contribution < 1.29 is 33.7 Å². The van der Waals surface area contributed by atoms with Crippen molar-refractivity contribution in [1.29, 1.82) is 0 Å². The van der Waals surface area contributed by atoms with Gasteiger partial charge in [-0.1, -0.05) is 38.1 Å². The number of rotatable bonds is 8. The van der Waals surface area contributed by atoms with E-state index in [1.807, 2.05) is 19.9 Å². The topological polar surface area (TPSA) is 93.1 Å². The average molecular weight is 414 g/mol. The van der Waals surface area contributed by atoms with Crippen molar-refractivity contribution in [3.05, 3.63) is 53.4 Å². The number of ether oxygens (including phenoxy) is 2. The highest BCUT2D eigenvalue weighted by Crippen LogP contribution is 2.47. The maximum absolute atomic E-state index is 13.5. The van der Waals surface area contributed by atoms with Gasteiger partial charge in [0.25, 0.3) is 0 Å². The van der Waals surface area contributed by atoms with Crippen LogP contribution in [0.15, 0.2) is 36.4 Å². The van der Waals surface area contributed by atoms with Crippen LogP contribution in [0.25, 0.3) is 17.2 Å². The molecule has 0 fully saturated rings. The van der Waals surface area contributed by atoms with Gasteiger partial charge in [0.1, 0.15) is 18.0 Å². The van der Waals surface area contributed by atoms with Gasteiger partial charge in [-0.25, -0.2) is 4.39 Å². The Morgan fingerprint density at radius 1 is 1.20 bits per heavy atom. The second kappa shape index (κ2) is 9.09. The first-order chi connectivity index (χ1) is 14.3. The number of hydrogen-bond donors (Lipinski definition) is 2. The largest absolute Gasteiger partial charge is 0.481 e. The van der Waals surface area contributed by atoms with Gasteiger partial charge in [0.15, 0.2) is 11.5 Å². The quantitative estimate of drug-likeness (QED) is 0.631. The summed E-state index contributed by atoms with van der Waals surface area (Å²) in [6, 6.07) is 7.86. The summed E-state index contributed by atoms with van der Waals surface area (Å²) >= 11 is 0. The molecular formula is C23H23FO6. The molecule has 0 bridgehead atoms. The first-order valence-corrected chi connectivity index (χ1v) is 9.58.